The van der Waals surface area contributed by atoms with Gasteiger partial charge in [-0.15, -0.1) is 0 Å². The van der Waals surface area contributed by atoms with Crippen molar-refractivity contribution in [1.29, 1.82) is 5.26 Å². The maximum atomic E-state index is 9.13. The van der Waals surface area contributed by atoms with Gasteiger partial charge in [0.25, 0.3) is 0 Å². The summed E-state index contributed by atoms with van der Waals surface area (Å²) in [7, 11) is 1.92. The van der Waals surface area contributed by atoms with E-state index >= 15 is 0 Å². The maximum Gasteiger partial charge on any atom is 0.101 e. The lowest BCUT2D eigenvalue weighted by atomic mass is 10.1. The van der Waals surface area contributed by atoms with E-state index in [1.165, 1.54) is 0 Å². The average molecular weight is 411 g/mol. The minimum atomic E-state index is 0.216. The van der Waals surface area contributed by atoms with E-state index < -0.39 is 0 Å². The van der Waals surface area contributed by atoms with Crippen molar-refractivity contribution in [3.63, 3.8) is 0 Å². The van der Waals surface area contributed by atoms with Gasteiger partial charge in [-0.3, -0.25) is 4.84 Å². The number of hydrogen-bond acceptors (Lipinski definition) is 4. The first-order chi connectivity index (χ1) is 12.5. The molecule has 0 aromatic heterocycles. The van der Waals surface area contributed by atoms with Crippen molar-refractivity contribution in [2.45, 2.75) is 19.0 Å². The molecule has 1 saturated heterocycles. The van der Waals surface area contributed by atoms with Crippen molar-refractivity contribution in [2.75, 3.05) is 25.1 Å². The summed E-state index contributed by atoms with van der Waals surface area (Å²) in [5.41, 5.74) is 2.33. The van der Waals surface area contributed by atoms with E-state index in [1.54, 1.807) is 18.2 Å². The number of nitrogens with zero attached hydrogens (tertiary/aromatic N) is 3. The predicted molar refractivity (Wildman–Crippen MR) is 106 cm³/mol. The molecule has 0 bridgehead atoms. The smallest absolute Gasteiger partial charge is 0.101 e. The molecule has 0 saturated carbocycles. The third kappa shape index (κ3) is 4.43. The normalized spacial score (nSPS) is 17.7. The van der Waals surface area contributed by atoms with E-state index in [0.29, 0.717) is 33.8 Å². The standard InChI is InChI=1S/C19H18Cl3N3O/c1-24-12-17(6-7-26-24)25(11-14-8-15(20)3-5-18(14)21)16-4-2-13(10-23)19(22)9-16/h2-5,8-9,17H,6-7,11-12H2,1H3/t17-/m0/s1. The second kappa shape index (κ2) is 8.47. The van der Waals surface area contributed by atoms with Crippen LogP contribution in [0, 0.1) is 11.3 Å². The second-order valence-electron chi connectivity index (χ2n) is 6.23. The fourth-order valence-electron chi connectivity index (χ4n) is 3.09. The van der Waals surface area contributed by atoms with Crippen molar-refractivity contribution in [3.05, 3.63) is 62.6 Å². The lowest BCUT2D eigenvalue weighted by molar-refractivity contribution is -0.166. The zero-order valence-electron chi connectivity index (χ0n) is 14.3. The van der Waals surface area contributed by atoms with Gasteiger partial charge in [0, 0.05) is 41.9 Å². The van der Waals surface area contributed by atoms with E-state index in [0.717, 1.165) is 24.2 Å². The van der Waals surface area contributed by atoms with E-state index in [9.17, 15) is 0 Å². The molecule has 7 heteroatoms. The molecule has 2 aromatic rings. The van der Waals surface area contributed by atoms with Gasteiger partial charge in [-0.2, -0.15) is 10.3 Å². The molecule has 4 nitrogen and oxygen atoms in total. The van der Waals surface area contributed by atoms with Gasteiger partial charge in [0.1, 0.15) is 6.07 Å². The highest BCUT2D eigenvalue weighted by molar-refractivity contribution is 6.33. The molecule has 0 radical (unpaired) electrons. The molecule has 26 heavy (non-hydrogen) atoms. The van der Waals surface area contributed by atoms with Crippen LogP contribution in [0.5, 0.6) is 0 Å². The van der Waals surface area contributed by atoms with Gasteiger partial charge in [0.2, 0.25) is 0 Å². The molecule has 1 heterocycles. The molecule has 1 aliphatic rings. The highest BCUT2D eigenvalue weighted by atomic mass is 35.5. The zero-order chi connectivity index (χ0) is 18.7. The number of hydroxylamine groups is 2. The summed E-state index contributed by atoms with van der Waals surface area (Å²) in [6.45, 7) is 1.97. The third-order valence-electron chi connectivity index (χ3n) is 4.42. The van der Waals surface area contributed by atoms with Crippen LogP contribution in [0.15, 0.2) is 36.4 Å². The van der Waals surface area contributed by atoms with Gasteiger partial charge in [-0.05, 0) is 48.4 Å². The SMILES string of the molecule is CN1C[C@@H](N(Cc2cc(Cl)ccc2Cl)c2ccc(C#N)c(Cl)c2)CCO1. The minimum absolute atomic E-state index is 0.216. The van der Waals surface area contributed by atoms with Crippen LogP contribution in [0.1, 0.15) is 17.5 Å². The van der Waals surface area contributed by atoms with Gasteiger partial charge in [0.05, 0.1) is 17.2 Å². The molecule has 0 aliphatic carbocycles. The lowest BCUT2D eigenvalue weighted by Crippen LogP contribution is -2.47. The van der Waals surface area contributed by atoms with E-state index in [1.807, 2.05) is 30.3 Å². The van der Waals surface area contributed by atoms with Crippen molar-refractivity contribution in [1.82, 2.24) is 5.06 Å². The van der Waals surface area contributed by atoms with Gasteiger partial charge in [0.15, 0.2) is 0 Å². The quantitative estimate of drug-likeness (QED) is 0.698. The Morgan fingerprint density at radius 3 is 2.69 bits per heavy atom. The molecule has 1 atom stereocenters. The number of benzene rings is 2. The Balaban J connectivity index is 1.97. The number of rotatable bonds is 4. The number of hydrogen-bond donors (Lipinski definition) is 0. The summed E-state index contributed by atoms with van der Waals surface area (Å²) in [6.07, 6.45) is 0.875. The summed E-state index contributed by atoms with van der Waals surface area (Å²) >= 11 is 18.8. The number of nitriles is 1. The van der Waals surface area contributed by atoms with Crippen molar-refractivity contribution in [2.24, 2.45) is 0 Å². The molecule has 0 N–H and O–H groups in total. The van der Waals surface area contributed by atoms with Crippen LogP contribution in [-0.2, 0) is 11.4 Å². The molecule has 0 amide bonds. The molecular formula is C19H18Cl3N3O. The molecule has 0 unspecified atom stereocenters. The van der Waals surface area contributed by atoms with Crippen LogP contribution in [0.2, 0.25) is 15.1 Å². The number of anilines is 1. The van der Waals surface area contributed by atoms with E-state index in [2.05, 4.69) is 11.0 Å². The third-order valence-corrected chi connectivity index (χ3v) is 5.34. The van der Waals surface area contributed by atoms with Crippen LogP contribution in [-0.4, -0.2) is 31.3 Å². The van der Waals surface area contributed by atoms with Gasteiger partial charge in [-0.25, -0.2) is 0 Å². The number of halogens is 3. The topological polar surface area (TPSA) is 39.5 Å². The monoisotopic (exact) mass is 409 g/mol. The molecule has 1 fully saturated rings. The summed E-state index contributed by atoms with van der Waals surface area (Å²) in [4.78, 5) is 7.78. The molecule has 1 aliphatic heterocycles. The predicted octanol–water partition coefficient (Wildman–Crippen LogP) is 5.16. The van der Waals surface area contributed by atoms with Gasteiger partial charge in [-0.1, -0.05) is 34.8 Å². The Labute approximate surface area is 168 Å². The van der Waals surface area contributed by atoms with Gasteiger partial charge >= 0.3 is 0 Å². The minimum Gasteiger partial charge on any atom is -0.363 e. The first-order valence-electron chi connectivity index (χ1n) is 8.22. The fraction of sp³-hybridized carbons (Fsp3) is 0.316. The molecule has 0 spiro atoms. The lowest BCUT2D eigenvalue weighted by Gasteiger charge is -2.39. The average Bonchev–Trinajstić information content (AvgIpc) is 2.62. The largest absolute Gasteiger partial charge is 0.363 e. The van der Waals surface area contributed by atoms with E-state index in [-0.39, 0.29) is 6.04 Å². The van der Waals surface area contributed by atoms with Crippen LogP contribution < -0.4 is 4.90 Å². The van der Waals surface area contributed by atoms with Gasteiger partial charge < -0.3 is 4.90 Å². The highest BCUT2D eigenvalue weighted by Crippen LogP contribution is 2.30. The van der Waals surface area contributed by atoms with E-state index in [4.69, 9.17) is 44.9 Å². The summed E-state index contributed by atoms with van der Waals surface area (Å²) in [5, 5.41) is 12.7. The zero-order valence-corrected chi connectivity index (χ0v) is 16.5. The van der Waals surface area contributed by atoms with Crippen LogP contribution in [0.4, 0.5) is 5.69 Å². The first kappa shape index (κ1) is 19.3. The van der Waals surface area contributed by atoms with Crippen LogP contribution >= 0.6 is 34.8 Å². The summed E-state index contributed by atoms with van der Waals surface area (Å²) < 4.78 is 0. The molecule has 3 rings (SSSR count). The van der Waals surface area contributed by atoms with Crippen molar-refractivity contribution < 1.29 is 4.84 Å². The summed E-state index contributed by atoms with van der Waals surface area (Å²) in [6, 6.07) is 13.3. The van der Waals surface area contributed by atoms with Crippen LogP contribution in [0.25, 0.3) is 0 Å². The summed E-state index contributed by atoms with van der Waals surface area (Å²) in [5.74, 6) is 0. The van der Waals surface area contributed by atoms with Crippen molar-refractivity contribution >= 4 is 40.5 Å². The molecule has 2 aromatic carbocycles. The Hall–Kier alpha value is -1.48. The Morgan fingerprint density at radius 1 is 1.19 bits per heavy atom. The number of likely N-dealkylation sites (N-methyl/N-ethyl adjacent to an activating group) is 1. The Morgan fingerprint density at radius 2 is 2.00 bits per heavy atom. The maximum absolute atomic E-state index is 9.13. The Kier molecular flexibility index (Phi) is 6.29. The first-order valence-corrected chi connectivity index (χ1v) is 9.35. The Bertz CT molecular complexity index is 837. The second-order valence-corrected chi connectivity index (χ2v) is 7.48. The fourth-order valence-corrected chi connectivity index (χ4v) is 3.68. The van der Waals surface area contributed by atoms with Crippen LogP contribution in [0.3, 0.4) is 0 Å². The van der Waals surface area contributed by atoms with Crippen molar-refractivity contribution in [3.8, 4) is 6.07 Å². The molecular weight excluding hydrogens is 393 g/mol. The highest BCUT2D eigenvalue weighted by Gasteiger charge is 2.26. The molecule has 136 valence electrons.